The molecule has 0 aromatic carbocycles. The Kier molecular flexibility index (Phi) is 19.4. The van der Waals surface area contributed by atoms with Crippen LogP contribution in [0, 0.1) is 0 Å². The third-order valence-corrected chi connectivity index (χ3v) is 8.26. The van der Waals surface area contributed by atoms with E-state index in [4.69, 9.17) is 22.9 Å². The summed E-state index contributed by atoms with van der Waals surface area (Å²) in [5.74, 6) is -11.1. The maximum Gasteiger partial charge on any atom is 0.243 e. The van der Waals surface area contributed by atoms with Crippen LogP contribution < -0.4 is 65.5 Å². The summed E-state index contributed by atoms with van der Waals surface area (Å²) in [5.41, 5.74) is 20.9. The standard InChI is InChI=1S/C32H52N12O12.4H2/c1-13-25(49)41-18(6-10-22(34)46)30(54)38-15(3)27(51)43-20(8-12-24(36)48)32(56)40-16(4)28(52)44-19(7-11-23(35)47)31(55)39-14(2)26(50)42-17(29(53)37-13)5-9-21(33)45;;;;/h13-20H,5-12H2,1-4H3,(H2,33,45)(H2,34,46)(H2,35,47)(H2,36,48)(H,37,53)(H,38,54)(H,39,55)(H,40,56)(H,41,49)(H,42,50)(H,43,51)(H,44,52);4*1H/i;4*1+1. The number of carbonyl (C=O) groups is 12. The van der Waals surface area contributed by atoms with Crippen molar-refractivity contribution in [2.75, 3.05) is 0 Å². The first kappa shape index (κ1) is 47.7. The minimum atomic E-state index is -1.50. The molecule has 1 saturated heterocycles. The van der Waals surface area contributed by atoms with Crippen LogP contribution in [0.25, 0.3) is 0 Å². The van der Waals surface area contributed by atoms with Crippen molar-refractivity contribution in [1.29, 1.82) is 0 Å². The van der Waals surface area contributed by atoms with Crippen molar-refractivity contribution in [2.24, 2.45) is 22.9 Å². The second-order valence-corrected chi connectivity index (χ2v) is 13.2. The Hall–Kier alpha value is -6.36. The first-order valence-corrected chi connectivity index (χ1v) is 17.6. The van der Waals surface area contributed by atoms with E-state index in [-0.39, 0.29) is 31.4 Å². The maximum atomic E-state index is 13.3. The molecule has 24 heteroatoms. The van der Waals surface area contributed by atoms with Crippen LogP contribution in [0.3, 0.4) is 0 Å². The van der Waals surface area contributed by atoms with E-state index in [1.165, 1.54) is 27.7 Å². The van der Waals surface area contributed by atoms with Gasteiger partial charge in [-0.15, -0.1) is 0 Å². The molecule has 0 saturated carbocycles. The van der Waals surface area contributed by atoms with E-state index in [1.807, 2.05) is 0 Å². The molecule has 1 fully saturated rings. The summed E-state index contributed by atoms with van der Waals surface area (Å²) in [4.78, 5) is 152. The Labute approximate surface area is 327 Å². The van der Waals surface area contributed by atoms with Crippen molar-refractivity contribution in [3.63, 3.8) is 0 Å². The van der Waals surface area contributed by atoms with Gasteiger partial charge in [-0.1, -0.05) is 0 Å². The Morgan fingerprint density at radius 3 is 0.661 bits per heavy atom. The van der Waals surface area contributed by atoms with Gasteiger partial charge in [-0.3, -0.25) is 57.5 Å². The third-order valence-electron chi connectivity index (χ3n) is 8.26. The molecule has 8 atom stereocenters. The lowest BCUT2D eigenvalue weighted by Crippen LogP contribution is -2.60. The summed E-state index contributed by atoms with van der Waals surface area (Å²) in [6.07, 6.45) is -3.01. The lowest BCUT2D eigenvalue weighted by atomic mass is 10.1. The van der Waals surface area contributed by atoms with Crippen LogP contribution >= 0.6 is 0 Å². The van der Waals surface area contributed by atoms with Gasteiger partial charge in [-0.25, -0.2) is 0 Å². The highest BCUT2D eigenvalue weighted by Gasteiger charge is 2.33. The fourth-order valence-corrected chi connectivity index (χ4v) is 4.93. The molecule has 0 radical (unpaired) electrons. The molecule has 0 aromatic heterocycles. The van der Waals surface area contributed by atoms with Gasteiger partial charge in [0.1, 0.15) is 48.3 Å². The van der Waals surface area contributed by atoms with E-state index in [0.717, 1.165) is 0 Å². The highest BCUT2D eigenvalue weighted by Crippen LogP contribution is 2.06. The molecule has 0 spiro atoms. The number of amides is 12. The fourth-order valence-electron chi connectivity index (χ4n) is 4.93. The summed E-state index contributed by atoms with van der Waals surface area (Å²) >= 11 is 0. The summed E-state index contributed by atoms with van der Waals surface area (Å²) < 4.78 is 0. The minimum absolute atomic E-state index is 0. The van der Waals surface area contributed by atoms with Crippen molar-refractivity contribution in [1.82, 2.24) is 42.5 Å². The topological polar surface area (TPSA) is 405 Å². The van der Waals surface area contributed by atoms with E-state index < -0.39 is 145 Å². The van der Waals surface area contributed by atoms with E-state index in [2.05, 4.69) is 42.5 Å². The maximum absolute atomic E-state index is 13.3. The van der Waals surface area contributed by atoms with Crippen molar-refractivity contribution in [3.05, 3.63) is 0 Å². The van der Waals surface area contributed by atoms with Gasteiger partial charge in [0, 0.05) is 31.4 Å². The monoisotopic (exact) mass is 808 g/mol. The molecule has 1 heterocycles. The number of hydrogen-bond acceptors (Lipinski definition) is 12. The predicted octanol–water partition coefficient (Wildman–Crippen LogP) is -6.00. The Bertz CT molecular complexity index is 1350. The number of rotatable bonds is 12. The molecular formula is C32H60N12O12. The van der Waals surface area contributed by atoms with Crippen LogP contribution in [0.4, 0.5) is 0 Å². The number of carbonyl (C=O) groups excluding carboxylic acids is 12. The highest BCUT2D eigenvalue weighted by molar-refractivity contribution is 5.99. The zero-order valence-electron chi connectivity index (χ0n) is 31.5. The Morgan fingerprint density at radius 2 is 0.518 bits per heavy atom. The first-order valence-electron chi connectivity index (χ1n) is 17.6. The summed E-state index contributed by atoms with van der Waals surface area (Å²) in [6, 6.07) is -11.6. The zero-order chi connectivity index (χ0) is 42.9. The van der Waals surface area contributed by atoms with E-state index >= 15 is 0 Å². The first-order chi connectivity index (χ1) is 26.0. The molecule has 24 nitrogen and oxygen atoms in total. The van der Waals surface area contributed by atoms with Gasteiger partial charge < -0.3 is 65.5 Å². The van der Waals surface area contributed by atoms with Crippen molar-refractivity contribution < 1.29 is 63.2 Å². The lowest BCUT2D eigenvalue weighted by molar-refractivity contribution is -0.136. The van der Waals surface area contributed by atoms with E-state index in [9.17, 15) is 57.5 Å². The molecular weight excluding hydrogens is 744 g/mol. The molecule has 1 aliphatic heterocycles. The van der Waals surface area contributed by atoms with Crippen LogP contribution in [0.2, 0.25) is 0 Å². The largest absolute Gasteiger partial charge is 0.370 e. The second-order valence-electron chi connectivity index (χ2n) is 13.2. The van der Waals surface area contributed by atoms with Crippen molar-refractivity contribution in [3.8, 4) is 0 Å². The molecule has 1 rings (SSSR count). The molecule has 0 aromatic rings. The van der Waals surface area contributed by atoms with Crippen molar-refractivity contribution in [2.45, 2.75) is 127 Å². The smallest absolute Gasteiger partial charge is 0.243 e. The average molecular weight is 809 g/mol. The van der Waals surface area contributed by atoms with Gasteiger partial charge in [0.15, 0.2) is 0 Å². The summed E-state index contributed by atoms with van der Waals surface area (Å²) in [6.45, 7) is 4.85. The molecule has 0 bridgehead atoms. The molecule has 8 unspecified atom stereocenters. The van der Waals surface area contributed by atoms with Gasteiger partial charge in [0.05, 0.1) is 0 Å². The van der Waals surface area contributed by atoms with Crippen LogP contribution in [-0.2, 0) is 57.5 Å². The van der Waals surface area contributed by atoms with Crippen LogP contribution in [0.1, 0.15) is 84.8 Å². The summed E-state index contributed by atoms with van der Waals surface area (Å²) in [5, 5.41) is 18.7. The average Bonchev–Trinajstić information content (AvgIpc) is 3.10. The normalized spacial score (nSPS) is 26.6. The van der Waals surface area contributed by atoms with E-state index in [1.54, 1.807) is 0 Å². The van der Waals surface area contributed by atoms with Crippen molar-refractivity contribution >= 4 is 70.9 Å². The van der Waals surface area contributed by atoms with Gasteiger partial charge in [0.2, 0.25) is 70.9 Å². The molecule has 12 amide bonds. The molecule has 56 heavy (non-hydrogen) atoms. The predicted molar refractivity (Wildman–Crippen MR) is 200 cm³/mol. The fraction of sp³-hybridized carbons (Fsp3) is 0.625. The van der Waals surface area contributed by atoms with Crippen LogP contribution in [0.15, 0.2) is 0 Å². The second kappa shape index (κ2) is 22.8. The molecule has 1 aliphatic rings. The molecule has 0 aliphatic carbocycles. The van der Waals surface area contributed by atoms with Crippen LogP contribution in [0.5, 0.6) is 0 Å². The minimum Gasteiger partial charge on any atom is -0.370 e. The number of nitrogens with one attached hydrogen (secondary N) is 8. The van der Waals surface area contributed by atoms with Gasteiger partial charge in [-0.2, -0.15) is 0 Å². The summed E-state index contributed by atoms with van der Waals surface area (Å²) in [7, 11) is 0. The number of primary amides is 4. The lowest BCUT2D eigenvalue weighted by Gasteiger charge is -2.27. The Morgan fingerprint density at radius 1 is 0.357 bits per heavy atom. The number of nitrogens with two attached hydrogens (primary N) is 4. The molecule has 320 valence electrons. The zero-order valence-corrected chi connectivity index (χ0v) is 31.5. The van der Waals surface area contributed by atoms with Gasteiger partial charge in [-0.05, 0) is 53.4 Å². The van der Waals surface area contributed by atoms with Crippen LogP contribution in [-0.4, -0.2) is 119 Å². The third kappa shape index (κ3) is 17.2. The quantitative estimate of drug-likeness (QED) is 0.0877. The van der Waals surface area contributed by atoms with E-state index in [0.29, 0.717) is 0 Å². The Balaban J connectivity index is -0.00000392. The molecule has 16 N–H and O–H groups in total. The number of hydrogen-bond donors (Lipinski definition) is 12. The van der Waals surface area contributed by atoms with Gasteiger partial charge >= 0.3 is 0 Å². The SMILES string of the molecule is CC1NC(=O)C(CCC(N)=O)NC(=O)C(C)NC(=O)C(CCC(N)=O)NC(=O)C(C)NC(=O)C(CCC(N)=O)NC(=O)C(C)NC(=O)C(CCC(N)=O)NC1=O.[2HH].[2HH].[2HH].[2HH]. The van der Waals surface area contributed by atoms with Gasteiger partial charge in [0.25, 0.3) is 0 Å². The highest BCUT2D eigenvalue weighted by atomic mass is 16.2.